The Bertz CT molecular complexity index is 372. The molecule has 0 unspecified atom stereocenters. The number of hydrogen-bond acceptors (Lipinski definition) is 3. The third-order valence-electron chi connectivity index (χ3n) is 2.76. The second-order valence-corrected chi connectivity index (χ2v) is 5.54. The van der Waals surface area contributed by atoms with E-state index in [1.54, 1.807) is 17.8 Å². The smallest absolute Gasteiger partial charge is 0.124 e. The van der Waals surface area contributed by atoms with Crippen LogP contribution in [0.1, 0.15) is 24.9 Å². The van der Waals surface area contributed by atoms with Crippen molar-refractivity contribution >= 4 is 23.4 Å². The van der Waals surface area contributed by atoms with E-state index < -0.39 is 0 Å². The first-order valence-corrected chi connectivity index (χ1v) is 7.66. The number of aliphatic hydroxyl groups is 1. The zero-order valence-corrected chi connectivity index (χ0v) is 12.2. The highest BCUT2D eigenvalue weighted by atomic mass is 35.5. The molecule has 2 nitrogen and oxygen atoms in total. The molecule has 0 saturated carbocycles. The van der Waals surface area contributed by atoms with E-state index in [4.69, 9.17) is 16.7 Å². The van der Waals surface area contributed by atoms with Gasteiger partial charge in [0.05, 0.1) is 0 Å². The molecule has 0 aromatic heterocycles. The van der Waals surface area contributed by atoms with Gasteiger partial charge in [0.15, 0.2) is 0 Å². The largest absolute Gasteiger partial charge is 0.396 e. The van der Waals surface area contributed by atoms with Crippen molar-refractivity contribution in [3.8, 4) is 0 Å². The van der Waals surface area contributed by atoms with Gasteiger partial charge in [-0.1, -0.05) is 17.7 Å². The maximum atomic E-state index is 13.0. The lowest BCUT2D eigenvalue weighted by Crippen LogP contribution is -2.34. The Hall–Kier alpha value is -0.290. The molecule has 2 atom stereocenters. The number of hydrogen-bond donors (Lipinski definition) is 2. The van der Waals surface area contributed by atoms with Gasteiger partial charge in [0.2, 0.25) is 0 Å². The fraction of sp³-hybridized carbons (Fsp3) is 0.538. The Balaban J connectivity index is 2.70. The molecule has 0 aliphatic heterocycles. The minimum atomic E-state index is -0.327. The van der Waals surface area contributed by atoms with Crippen molar-refractivity contribution in [2.75, 3.05) is 18.6 Å². The summed E-state index contributed by atoms with van der Waals surface area (Å²) < 4.78 is 13.0. The average molecular weight is 292 g/mol. The molecule has 2 N–H and O–H groups in total. The van der Waals surface area contributed by atoms with Gasteiger partial charge in [0.1, 0.15) is 5.82 Å². The maximum absolute atomic E-state index is 13.0. The lowest BCUT2D eigenvalue weighted by molar-refractivity contribution is 0.265. The predicted octanol–water partition coefficient (Wildman–Crippen LogP) is 3.24. The summed E-state index contributed by atoms with van der Waals surface area (Å²) in [6.07, 6.45) is 2.73. The van der Waals surface area contributed by atoms with Gasteiger partial charge < -0.3 is 10.4 Å². The standard InChI is InChI=1S/C13H19ClFNOS/c1-9(16-11(5-6-17)8-18-2)12-4-3-10(15)7-13(12)14/h3-4,7,9,11,16-17H,5-6,8H2,1-2H3/t9-,11-/m1/s1. The van der Waals surface area contributed by atoms with Crippen LogP contribution in [0.25, 0.3) is 0 Å². The van der Waals surface area contributed by atoms with E-state index in [0.29, 0.717) is 11.4 Å². The first kappa shape index (κ1) is 15.8. The SMILES string of the molecule is CSC[C@@H](CCO)N[C@H](C)c1ccc(F)cc1Cl. The van der Waals surface area contributed by atoms with Crippen molar-refractivity contribution in [3.05, 3.63) is 34.6 Å². The number of rotatable bonds is 7. The fourth-order valence-electron chi connectivity index (χ4n) is 1.87. The molecule has 0 spiro atoms. The number of nitrogens with one attached hydrogen (secondary N) is 1. The van der Waals surface area contributed by atoms with Crippen LogP contribution < -0.4 is 5.32 Å². The van der Waals surface area contributed by atoms with Crippen LogP contribution in [0, 0.1) is 5.82 Å². The van der Waals surface area contributed by atoms with Gasteiger partial charge in [-0.05, 0) is 37.3 Å². The van der Waals surface area contributed by atoms with Gasteiger partial charge in [-0.2, -0.15) is 11.8 Å². The molecular weight excluding hydrogens is 273 g/mol. The van der Waals surface area contributed by atoms with Crippen molar-refractivity contribution < 1.29 is 9.50 Å². The molecule has 0 saturated heterocycles. The zero-order valence-electron chi connectivity index (χ0n) is 10.6. The Morgan fingerprint density at radius 2 is 2.22 bits per heavy atom. The number of benzene rings is 1. The Kier molecular flexibility index (Phi) is 7.00. The van der Waals surface area contributed by atoms with E-state index >= 15 is 0 Å². The lowest BCUT2D eigenvalue weighted by Gasteiger charge is -2.23. The third-order valence-corrected chi connectivity index (χ3v) is 3.82. The summed E-state index contributed by atoms with van der Waals surface area (Å²) in [6, 6.07) is 4.69. The van der Waals surface area contributed by atoms with E-state index in [-0.39, 0.29) is 24.5 Å². The van der Waals surface area contributed by atoms with Crippen LogP contribution >= 0.6 is 23.4 Å². The van der Waals surface area contributed by atoms with Crippen LogP contribution in [0.15, 0.2) is 18.2 Å². The second kappa shape index (κ2) is 8.00. The molecule has 1 aromatic rings. The van der Waals surface area contributed by atoms with Crippen molar-refractivity contribution in [2.45, 2.75) is 25.4 Å². The van der Waals surface area contributed by atoms with E-state index in [0.717, 1.165) is 11.3 Å². The summed E-state index contributed by atoms with van der Waals surface area (Å²) >= 11 is 7.75. The van der Waals surface area contributed by atoms with Gasteiger partial charge in [-0.3, -0.25) is 0 Å². The summed E-state index contributed by atoms with van der Waals surface area (Å²) in [5.74, 6) is 0.593. The fourth-order valence-corrected chi connectivity index (χ4v) is 2.86. The Morgan fingerprint density at radius 3 is 2.78 bits per heavy atom. The topological polar surface area (TPSA) is 32.3 Å². The molecule has 102 valence electrons. The van der Waals surface area contributed by atoms with Crippen LogP contribution in [0.5, 0.6) is 0 Å². The molecule has 1 aromatic carbocycles. The molecule has 5 heteroatoms. The van der Waals surface area contributed by atoms with Gasteiger partial charge in [-0.15, -0.1) is 0 Å². The highest BCUT2D eigenvalue weighted by molar-refractivity contribution is 7.98. The minimum Gasteiger partial charge on any atom is -0.396 e. The van der Waals surface area contributed by atoms with Crippen LogP contribution in [-0.4, -0.2) is 29.8 Å². The van der Waals surface area contributed by atoms with Crippen LogP contribution in [0.2, 0.25) is 5.02 Å². The lowest BCUT2D eigenvalue weighted by atomic mass is 10.1. The quantitative estimate of drug-likeness (QED) is 0.809. The predicted molar refractivity (Wildman–Crippen MR) is 76.8 cm³/mol. The summed E-state index contributed by atoms with van der Waals surface area (Å²) in [7, 11) is 0. The molecule has 0 aliphatic carbocycles. The van der Waals surface area contributed by atoms with Crippen molar-refractivity contribution in [3.63, 3.8) is 0 Å². The monoisotopic (exact) mass is 291 g/mol. The van der Waals surface area contributed by atoms with Crippen molar-refractivity contribution in [1.82, 2.24) is 5.32 Å². The summed E-state index contributed by atoms with van der Waals surface area (Å²) in [6.45, 7) is 2.14. The molecular formula is C13H19ClFNOS. The Labute approximate surface area is 117 Å². The van der Waals surface area contributed by atoms with Crippen LogP contribution in [0.3, 0.4) is 0 Å². The van der Waals surface area contributed by atoms with Crippen molar-refractivity contribution in [2.24, 2.45) is 0 Å². The highest BCUT2D eigenvalue weighted by Crippen LogP contribution is 2.24. The van der Waals surface area contributed by atoms with Crippen LogP contribution in [-0.2, 0) is 0 Å². The van der Waals surface area contributed by atoms with Gasteiger partial charge in [0, 0.05) is 29.5 Å². The first-order chi connectivity index (χ1) is 8.58. The number of aliphatic hydroxyl groups excluding tert-OH is 1. The number of thioether (sulfide) groups is 1. The molecule has 1 rings (SSSR count). The summed E-state index contributed by atoms with van der Waals surface area (Å²) in [5, 5.41) is 12.9. The second-order valence-electron chi connectivity index (χ2n) is 4.22. The highest BCUT2D eigenvalue weighted by Gasteiger charge is 2.15. The molecule has 0 bridgehead atoms. The van der Waals surface area contributed by atoms with Gasteiger partial charge >= 0.3 is 0 Å². The molecule has 0 aliphatic rings. The molecule has 0 fully saturated rings. The average Bonchev–Trinajstić information content (AvgIpc) is 2.29. The molecule has 18 heavy (non-hydrogen) atoms. The van der Waals surface area contributed by atoms with Crippen molar-refractivity contribution in [1.29, 1.82) is 0 Å². The zero-order chi connectivity index (χ0) is 13.5. The third kappa shape index (κ3) is 4.76. The molecule has 0 heterocycles. The number of halogens is 2. The van der Waals surface area contributed by atoms with E-state index in [2.05, 4.69) is 5.32 Å². The van der Waals surface area contributed by atoms with Crippen LogP contribution in [0.4, 0.5) is 4.39 Å². The van der Waals surface area contributed by atoms with E-state index in [9.17, 15) is 4.39 Å². The van der Waals surface area contributed by atoms with E-state index in [1.807, 2.05) is 13.2 Å². The van der Waals surface area contributed by atoms with Gasteiger partial charge in [0.25, 0.3) is 0 Å². The Morgan fingerprint density at radius 1 is 1.50 bits per heavy atom. The minimum absolute atomic E-state index is 0.0294. The first-order valence-electron chi connectivity index (χ1n) is 5.89. The summed E-state index contributed by atoms with van der Waals surface area (Å²) in [4.78, 5) is 0. The van der Waals surface area contributed by atoms with E-state index in [1.165, 1.54) is 12.1 Å². The van der Waals surface area contributed by atoms with Gasteiger partial charge in [-0.25, -0.2) is 4.39 Å². The normalized spacial score (nSPS) is 14.5. The summed E-state index contributed by atoms with van der Waals surface area (Å²) in [5.41, 5.74) is 0.877. The molecule has 0 radical (unpaired) electrons. The molecule has 0 amide bonds. The maximum Gasteiger partial charge on any atom is 0.124 e.